The van der Waals surface area contributed by atoms with Crippen molar-refractivity contribution in [2.24, 2.45) is 11.7 Å². The molecular formula is C29H39N7O. The zero-order chi connectivity index (χ0) is 25.5. The second-order valence-electron chi connectivity index (χ2n) is 11.4. The second-order valence-corrected chi connectivity index (χ2v) is 11.4. The first-order valence-electron chi connectivity index (χ1n) is 13.9. The predicted octanol–water partition coefficient (Wildman–Crippen LogP) is 3.37. The minimum absolute atomic E-state index is 0.133. The van der Waals surface area contributed by atoms with Crippen LogP contribution in [0.25, 0.3) is 16.8 Å². The van der Waals surface area contributed by atoms with Gasteiger partial charge >= 0.3 is 0 Å². The number of piperidine rings is 1. The molecule has 5 heterocycles. The van der Waals surface area contributed by atoms with Gasteiger partial charge in [-0.2, -0.15) is 5.10 Å². The van der Waals surface area contributed by atoms with Crippen LogP contribution in [0.3, 0.4) is 0 Å². The van der Waals surface area contributed by atoms with Crippen molar-refractivity contribution in [1.29, 1.82) is 0 Å². The highest BCUT2D eigenvalue weighted by Crippen LogP contribution is 2.32. The third kappa shape index (κ3) is 4.84. The number of carbonyl (C=O) groups excluding carboxylic acids is 1. The highest BCUT2D eigenvalue weighted by Gasteiger charge is 2.36. The molecule has 1 saturated carbocycles. The van der Waals surface area contributed by atoms with E-state index in [0.29, 0.717) is 12.0 Å². The van der Waals surface area contributed by atoms with Crippen LogP contribution in [-0.4, -0.2) is 81.7 Å². The SMILES string of the molecule is CC(C)N1CCC[C@@H](c2ccc(-c3cc4c(N5CCN(C(=O)[C@H]6C[C@H](N)C6)CC5)ccnn4c3)nc2)C1. The lowest BCUT2D eigenvalue weighted by Gasteiger charge is -2.40. The average Bonchev–Trinajstić information content (AvgIpc) is 3.36. The minimum atomic E-state index is 0.133. The molecule has 3 aromatic heterocycles. The van der Waals surface area contributed by atoms with Gasteiger partial charge in [-0.3, -0.25) is 9.78 Å². The second kappa shape index (κ2) is 10.1. The van der Waals surface area contributed by atoms with Crippen molar-refractivity contribution >= 4 is 17.1 Å². The number of fused-ring (bicyclic) bond motifs is 1. The molecule has 6 rings (SSSR count). The van der Waals surface area contributed by atoms with E-state index in [-0.39, 0.29) is 17.9 Å². The number of hydrogen-bond acceptors (Lipinski definition) is 6. The molecule has 0 aromatic carbocycles. The summed E-state index contributed by atoms with van der Waals surface area (Å²) in [5, 5.41) is 4.57. The van der Waals surface area contributed by atoms with Crippen molar-refractivity contribution in [3.05, 3.63) is 48.4 Å². The Morgan fingerprint density at radius 3 is 2.59 bits per heavy atom. The predicted molar refractivity (Wildman–Crippen MR) is 147 cm³/mol. The van der Waals surface area contributed by atoms with Gasteiger partial charge in [0.2, 0.25) is 5.91 Å². The maximum Gasteiger partial charge on any atom is 0.225 e. The van der Waals surface area contributed by atoms with E-state index in [0.717, 1.165) is 68.0 Å². The monoisotopic (exact) mass is 501 g/mol. The molecular weight excluding hydrogens is 462 g/mol. The fourth-order valence-electron chi connectivity index (χ4n) is 6.26. The van der Waals surface area contributed by atoms with Crippen LogP contribution in [0.15, 0.2) is 42.9 Å². The van der Waals surface area contributed by atoms with E-state index in [1.807, 2.05) is 15.6 Å². The van der Waals surface area contributed by atoms with E-state index in [2.05, 4.69) is 65.4 Å². The van der Waals surface area contributed by atoms with Gasteiger partial charge < -0.3 is 20.4 Å². The summed E-state index contributed by atoms with van der Waals surface area (Å²) in [5.41, 5.74) is 11.5. The van der Waals surface area contributed by atoms with E-state index >= 15 is 0 Å². The summed E-state index contributed by atoms with van der Waals surface area (Å²) in [5.74, 6) is 0.977. The average molecular weight is 502 g/mol. The van der Waals surface area contributed by atoms with Gasteiger partial charge in [0.15, 0.2) is 0 Å². The van der Waals surface area contributed by atoms with Crippen molar-refractivity contribution in [2.45, 2.75) is 57.5 Å². The van der Waals surface area contributed by atoms with Gasteiger partial charge in [0.25, 0.3) is 0 Å². The Kier molecular flexibility index (Phi) is 6.63. The Hall–Kier alpha value is -2.97. The smallest absolute Gasteiger partial charge is 0.225 e. The molecule has 0 radical (unpaired) electrons. The van der Waals surface area contributed by atoms with Crippen molar-refractivity contribution in [2.75, 3.05) is 44.2 Å². The fourth-order valence-corrected chi connectivity index (χ4v) is 6.26. The molecule has 3 aromatic rings. The number of anilines is 1. The summed E-state index contributed by atoms with van der Waals surface area (Å²) in [6, 6.07) is 9.50. The van der Waals surface area contributed by atoms with Gasteiger partial charge in [-0.1, -0.05) is 6.07 Å². The molecule has 0 bridgehead atoms. The topological polar surface area (TPSA) is 83.0 Å². The highest BCUT2D eigenvalue weighted by molar-refractivity contribution is 5.81. The molecule has 2 saturated heterocycles. The van der Waals surface area contributed by atoms with E-state index < -0.39 is 0 Å². The number of hydrogen-bond donors (Lipinski definition) is 1. The summed E-state index contributed by atoms with van der Waals surface area (Å²) in [6.45, 7) is 10.1. The first-order valence-corrected chi connectivity index (χ1v) is 13.9. The molecule has 1 aliphatic carbocycles. The number of aromatic nitrogens is 3. The first kappa shape index (κ1) is 24.4. The van der Waals surface area contributed by atoms with E-state index in [1.54, 1.807) is 0 Å². The number of pyridine rings is 1. The Morgan fingerprint density at radius 1 is 1.08 bits per heavy atom. The molecule has 3 fully saturated rings. The molecule has 37 heavy (non-hydrogen) atoms. The molecule has 0 spiro atoms. The van der Waals surface area contributed by atoms with Crippen LogP contribution < -0.4 is 10.6 Å². The van der Waals surface area contributed by atoms with Crippen molar-refractivity contribution < 1.29 is 4.79 Å². The lowest BCUT2D eigenvalue weighted by Crippen LogP contribution is -2.53. The van der Waals surface area contributed by atoms with E-state index in [4.69, 9.17) is 10.7 Å². The van der Waals surface area contributed by atoms with Gasteiger partial charge in [0, 0.05) is 74.9 Å². The first-order chi connectivity index (χ1) is 18.0. The van der Waals surface area contributed by atoms with Crippen LogP contribution >= 0.6 is 0 Å². The number of rotatable bonds is 5. The quantitative estimate of drug-likeness (QED) is 0.577. The lowest BCUT2D eigenvalue weighted by atomic mass is 9.80. The molecule has 2 N–H and O–H groups in total. The molecule has 0 unspecified atom stereocenters. The standard InChI is InChI=1S/C29H39N7O/c1-20(2)35-9-3-4-22(18-35)21-5-6-26(31-17-21)24-16-28-27(7-8-32-36(28)19-24)33-10-12-34(13-11-33)29(37)23-14-25(30)15-23/h5-8,16-17,19-20,22-23,25H,3-4,9-15,18,30H2,1-2H3/t22-,23-,25-/m1/s1. The van der Waals surface area contributed by atoms with Gasteiger partial charge in [-0.25, -0.2) is 4.52 Å². The molecule has 196 valence electrons. The van der Waals surface area contributed by atoms with Crippen LogP contribution in [0.2, 0.25) is 0 Å². The zero-order valence-electron chi connectivity index (χ0n) is 22.1. The molecule has 8 heteroatoms. The van der Waals surface area contributed by atoms with Crippen LogP contribution in [0.4, 0.5) is 5.69 Å². The van der Waals surface area contributed by atoms with Crippen LogP contribution in [0.1, 0.15) is 51.0 Å². The van der Waals surface area contributed by atoms with Crippen LogP contribution in [-0.2, 0) is 4.79 Å². The van der Waals surface area contributed by atoms with Crippen LogP contribution in [0, 0.1) is 5.92 Å². The number of nitrogens with two attached hydrogens (primary N) is 1. The Labute approximate surface area is 219 Å². The number of piperazine rings is 1. The number of nitrogens with zero attached hydrogens (tertiary/aromatic N) is 6. The van der Waals surface area contributed by atoms with Crippen LogP contribution in [0.5, 0.6) is 0 Å². The Morgan fingerprint density at radius 2 is 1.89 bits per heavy atom. The summed E-state index contributed by atoms with van der Waals surface area (Å²) >= 11 is 0. The summed E-state index contributed by atoms with van der Waals surface area (Å²) < 4.78 is 1.95. The molecule has 8 nitrogen and oxygen atoms in total. The Bertz CT molecular complexity index is 1240. The molecule has 3 aliphatic rings. The maximum absolute atomic E-state index is 12.7. The van der Waals surface area contributed by atoms with E-state index in [1.165, 1.54) is 24.9 Å². The highest BCUT2D eigenvalue weighted by atomic mass is 16.2. The summed E-state index contributed by atoms with van der Waals surface area (Å²) in [7, 11) is 0. The van der Waals surface area contributed by atoms with Crippen molar-refractivity contribution in [3.63, 3.8) is 0 Å². The minimum Gasteiger partial charge on any atom is -0.366 e. The van der Waals surface area contributed by atoms with Gasteiger partial charge in [-0.15, -0.1) is 0 Å². The van der Waals surface area contributed by atoms with Crippen molar-refractivity contribution in [3.8, 4) is 11.3 Å². The molecule has 1 amide bonds. The third-order valence-electron chi connectivity index (χ3n) is 8.68. The number of likely N-dealkylation sites (tertiary alicyclic amines) is 1. The lowest BCUT2D eigenvalue weighted by molar-refractivity contribution is -0.139. The molecule has 2 aliphatic heterocycles. The van der Waals surface area contributed by atoms with Gasteiger partial charge in [0.05, 0.1) is 16.9 Å². The summed E-state index contributed by atoms with van der Waals surface area (Å²) in [6.07, 6.45) is 10.2. The third-order valence-corrected chi connectivity index (χ3v) is 8.68. The summed E-state index contributed by atoms with van der Waals surface area (Å²) in [4.78, 5) is 24.6. The normalized spacial score (nSPS) is 25.0. The Balaban J connectivity index is 1.15. The van der Waals surface area contributed by atoms with Crippen molar-refractivity contribution in [1.82, 2.24) is 24.4 Å². The van der Waals surface area contributed by atoms with E-state index in [9.17, 15) is 4.79 Å². The van der Waals surface area contributed by atoms with Gasteiger partial charge in [-0.05, 0) is 75.8 Å². The number of amides is 1. The van der Waals surface area contributed by atoms with Gasteiger partial charge in [0.1, 0.15) is 0 Å². The fraction of sp³-hybridized carbons (Fsp3) is 0.552. The molecule has 1 atom stereocenters. The largest absolute Gasteiger partial charge is 0.366 e. The zero-order valence-corrected chi connectivity index (χ0v) is 22.1. The maximum atomic E-state index is 12.7. The number of carbonyl (C=O) groups is 1.